The third kappa shape index (κ3) is 21.4. The van der Waals surface area contributed by atoms with Gasteiger partial charge in [-0.25, -0.2) is 0 Å². The maximum absolute atomic E-state index is 6.41. The van der Waals surface area contributed by atoms with Gasteiger partial charge in [0.05, 0.1) is 5.54 Å². The molecule has 73 heavy (non-hydrogen) atoms. The summed E-state index contributed by atoms with van der Waals surface area (Å²) in [5.74, 6) is 0. The zero-order valence-electron chi connectivity index (χ0n) is 39.9. The molecule has 1 heterocycles. The summed E-state index contributed by atoms with van der Waals surface area (Å²) in [6.07, 6.45) is 12.1. The van der Waals surface area contributed by atoms with E-state index < -0.39 is 86.8 Å². The zero-order chi connectivity index (χ0) is 54.7. The van der Waals surface area contributed by atoms with Crippen molar-refractivity contribution in [3.05, 3.63) is 126 Å². The first-order valence-electron chi connectivity index (χ1n) is 21.6. The molecule has 28 heteroatoms. The topological polar surface area (TPSA) is 3.24 Å². The van der Waals surface area contributed by atoms with Gasteiger partial charge in [-0.05, 0) is 148 Å². The van der Waals surface area contributed by atoms with Crippen LogP contribution in [0, 0.1) is 33.1 Å². The number of fused-ring (bicyclic) bond motifs is 6. The van der Waals surface area contributed by atoms with E-state index in [0.29, 0.717) is 10.8 Å². The number of hydrogen-bond donors (Lipinski definition) is 0. The summed E-state index contributed by atoms with van der Waals surface area (Å²) in [5.41, 5.74) is 13.9. The van der Waals surface area contributed by atoms with E-state index in [9.17, 15) is 0 Å². The van der Waals surface area contributed by atoms with Gasteiger partial charge in [0.25, 0.3) is 0 Å². The van der Waals surface area contributed by atoms with Gasteiger partial charge in [-0.3, -0.25) is 0 Å². The molecule has 4 aromatic carbocycles. The predicted octanol–water partition coefficient (Wildman–Crippen LogP) is 35.8. The van der Waals surface area contributed by atoms with E-state index in [-0.39, 0.29) is 11.0 Å². The molecule has 0 spiro atoms. The van der Waals surface area contributed by atoms with E-state index >= 15 is 0 Å². The van der Waals surface area contributed by atoms with Crippen LogP contribution in [-0.4, -0.2) is 5.54 Å². The van der Waals surface area contributed by atoms with Gasteiger partial charge in [0.2, 0.25) is 0 Å². The van der Waals surface area contributed by atoms with Gasteiger partial charge >= 0.3 is 329 Å². The van der Waals surface area contributed by atoms with E-state index in [1.807, 2.05) is 31.2 Å². The van der Waals surface area contributed by atoms with Gasteiger partial charge in [0.15, 0.2) is 0 Å². The van der Waals surface area contributed by atoms with Crippen LogP contribution in [0.4, 0.5) is 11.4 Å². The molecule has 1 nitrogen and oxygen atoms in total. The molecule has 2 fully saturated rings. The second-order valence-corrected chi connectivity index (χ2v) is 556. The second kappa shape index (κ2) is 37.1. The third-order valence-electron chi connectivity index (χ3n) is 13.8. The van der Waals surface area contributed by atoms with Crippen molar-refractivity contribution in [1.29, 1.82) is 0 Å². The fourth-order valence-corrected chi connectivity index (χ4v) is 3780. The van der Waals surface area contributed by atoms with Crippen LogP contribution in [0.1, 0.15) is 118 Å². The van der Waals surface area contributed by atoms with E-state index in [1.54, 1.807) is 11.1 Å². The zero-order valence-corrected chi connectivity index (χ0v) is 94.8. The van der Waals surface area contributed by atoms with Crippen LogP contribution in [0.3, 0.4) is 0 Å². The van der Waals surface area contributed by atoms with Gasteiger partial charge in [-0.15, -0.1) is 0 Å². The Balaban J connectivity index is 0.000000190. The Labute approximate surface area is 623 Å². The van der Waals surface area contributed by atoms with E-state index in [0.717, 1.165) is 14.5 Å². The predicted molar refractivity (Wildman–Crippen MR) is 553 cm³/mol. The number of rotatable bonds is 11. The molecule has 0 saturated heterocycles. The molecule has 0 radical (unpaired) electrons. The number of aryl methyl sites for hydroxylation is 4. The van der Waals surface area contributed by atoms with Crippen molar-refractivity contribution in [2.45, 2.75) is 130 Å². The number of hydrogen-bond acceptors (Lipinski definition) is 1. The minimum atomic E-state index is -0.455. The van der Waals surface area contributed by atoms with Crippen molar-refractivity contribution >= 4 is 379 Å². The summed E-state index contributed by atoms with van der Waals surface area (Å²) in [6.45, 7) is 18.5. The summed E-state index contributed by atoms with van der Waals surface area (Å²) in [7, 11) is -4.75. The maximum atomic E-state index is 6.41. The van der Waals surface area contributed by atoms with E-state index in [1.165, 1.54) is 97.0 Å². The molecule has 1 aliphatic heterocycles. The molecule has 3 aliphatic carbocycles. The third-order valence-corrected chi connectivity index (χ3v) is 1670. The van der Waals surface area contributed by atoms with Crippen LogP contribution in [-0.2, 0) is 17.3 Å². The summed E-state index contributed by atoms with van der Waals surface area (Å²) >= 11 is 55.5. The molecule has 2 saturated carbocycles. The van der Waals surface area contributed by atoms with Crippen LogP contribution < -0.4 is 4.90 Å². The van der Waals surface area contributed by atoms with E-state index in [2.05, 4.69) is 360 Å². The standard InChI is InChI=1S/C22H26ClN.C16H22.C7H6BrCl.I24/c1-15-7-8-20-19(13-15)21(3)9-5-6-10-22(21,4)24(20)18-12-16(2)11-17(23)14-18;1-12-6-7-13-11-15(2)8-4-5-9-16(15,3)14(13)10-12;1-5-2-6(8)4-7(9)3-5;1-14(2)16(5)18(7)20(9)22(11)24(13)23(12)21(10)19(8)17(6)15(3)4/h7-8,11-14H,5-6,9-10H2,1-4H3;6-7,10H,4-5,8-9,11H2,1-3H3;2-4H,1H3;. The molecule has 0 N–H and O–H groups in total. The van der Waals surface area contributed by atoms with Crippen molar-refractivity contribution in [1.82, 2.24) is 0 Å². The number of benzene rings is 4. The Bertz CT molecular complexity index is 2400. The number of halogens is 27. The summed E-state index contributed by atoms with van der Waals surface area (Å²) in [6, 6.07) is 26.3. The molecular weight excluding hydrogens is 3750 g/mol. The Morgan fingerprint density at radius 3 is 1.36 bits per heavy atom. The van der Waals surface area contributed by atoms with Crippen LogP contribution in [0.25, 0.3) is 0 Å². The SMILES string of the molecule is Cc1cc(Cl)cc(Br)c1.Cc1cc(Cl)cc(N2c3ccc(C)cc3C3(C)CCCCC23C)c1.Cc1ccc2c(c1)C1(C)CCCCC1(C)C2.II(I)I(I)I(I)I(I)I(I)I(I)I(I)I(I)I(I)I(I)I(I)I. The average molecular weight is 3810 g/mol. The molecule has 0 aromatic heterocycles. The first-order valence-corrected chi connectivity index (χ1v) is 168. The average Bonchev–Trinajstić information content (AvgIpc) is 3.68. The van der Waals surface area contributed by atoms with Gasteiger partial charge in [-0.1, -0.05) is 127 Å². The fraction of sp³-hybridized carbons (Fsp3) is 0.467. The summed E-state index contributed by atoms with van der Waals surface area (Å²) in [5, 5.41) is 1.61. The van der Waals surface area contributed by atoms with Gasteiger partial charge in [0.1, 0.15) is 0 Å². The molecule has 0 bridgehead atoms. The molecule has 8 rings (SSSR count). The number of anilines is 2. The fourth-order valence-electron chi connectivity index (χ4n) is 10.2. The molecular formula is C45H54BrCl2I24N. The Morgan fingerprint density at radius 2 is 0.877 bits per heavy atom. The first kappa shape index (κ1) is 79.0. The summed E-state index contributed by atoms with van der Waals surface area (Å²) in [4.78, 5) is 2.58. The normalized spacial score (nSPS) is 24.7. The Morgan fingerprint density at radius 1 is 0.452 bits per heavy atom. The monoisotopic (exact) mass is 3800 g/mol. The van der Waals surface area contributed by atoms with Gasteiger partial charge in [-0.2, -0.15) is 0 Å². The number of nitrogens with zero attached hydrogens (tertiary/aromatic N) is 1. The van der Waals surface area contributed by atoms with Crippen LogP contribution in [0.2, 0.25) is 10.0 Å². The van der Waals surface area contributed by atoms with Crippen LogP contribution >= 0.6 is 368 Å². The molecule has 4 aromatic rings. The van der Waals surface area contributed by atoms with E-state index in [4.69, 9.17) is 23.2 Å². The molecule has 4 unspecified atom stereocenters. The van der Waals surface area contributed by atoms with Crippen molar-refractivity contribution in [3.63, 3.8) is 0 Å². The summed E-state index contributed by atoms with van der Waals surface area (Å²) < 4.78 is 1.03. The molecule has 0 amide bonds. The van der Waals surface area contributed by atoms with Crippen molar-refractivity contribution < 1.29 is 0 Å². The molecule has 428 valence electrons. The van der Waals surface area contributed by atoms with Crippen molar-refractivity contribution in [2.24, 2.45) is 5.41 Å². The van der Waals surface area contributed by atoms with Gasteiger partial charge < -0.3 is 4.90 Å². The Kier molecular flexibility index (Phi) is 40.1. The van der Waals surface area contributed by atoms with Crippen LogP contribution in [0.5, 0.6) is 0 Å². The quantitative estimate of drug-likeness (QED) is 0.135. The Hall–Kier alpha value is 15.3. The van der Waals surface area contributed by atoms with Crippen LogP contribution in [0.15, 0.2) is 77.3 Å². The molecule has 4 atom stereocenters. The second-order valence-electron chi connectivity index (χ2n) is 18.3. The van der Waals surface area contributed by atoms with Gasteiger partial charge in [0, 0.05) is 31.3 Å². The molecule has 4 aliphatic rings. The van der Waals surface area contributed by atoms with Crippen molar-refractivity contribution in [2.75, 3.05) is 4.90 Å². The first-order chi connectivity index (χ1) is 33.9. The minimum absolute atomic E-state index is 0.110. The van der Waals surface area contributed by atoms with Crippen molar-refractivity contribution in [3.8, 4) is 0 Å².